The van der Waals surface area contributed by atoms with E-state index in [1.54, 1.807) is 12.1 Å². The molecule has 1 aliphatic carbocycles. The quantitative estimate of drug-likeness (QED) is 0.910. The minimum absolute atomic E-state index is 0.100. The van der Waals surface area contributed by atoms with Crippen LogP contribution in [0.25, 0.3) is 0 Å². The van der Waals surface area contributed by atoms with Gasteiger partial charge in [0.05, 0.1) is 5.02 Å². The predicted octanol–water partition coefficient (Wildman–Crippen LogP) is 3.42. The normalized spacial score (nSPS) is 22.9. The van der Waals surface area contributed by atoms with Crippen molar-refractivity contribution < 1.29 is 14.3 Å². The lowest BCUT2D eigenvalue weighted by molar-refractivity contribution is 0.0934. The van der Waals surface area contributed by atoms with Gasteiger partial charge in [0.2, 0.25) is 0 Å². The number of hydrogen-bond acceptors (Lipinski definition) is 3. The maximum Gasteiger partial charge on any atom is 0.251 e. The summed E-state index contributed by atoms with van der Waals surface area (Å²) in [7, 11) is 0. The van der Waals surface area contributed by atoms with E-state index in [-0.39, 0.29) is 11.9 Å². The molecule has 0 bridgehead atoms. The average molecular weight is 310 g/mol. The molecule has 0 saturated heterocycles. The molecule has 0 radical (unpaired) electrons. The SMILES string of the molecule is CC1(C)CCC(NC(=O)c2cc(Cl)c3c(c2)OCCO3)C1. The lowest BCUT2D eigenvalue weighted by atomic mass is 9.92. The Morgan fingerprint density at radius 3 is 2.81 bits per heavy atom. The van der Waals surface area contributed by atoms with E-state index in [0.717, 1.165) is 19.3 Å². The van der Waals surface area contributed by atoms with Gasteiger partial charge in [-0.2, -0.15) is 0 Å². The number of benzene rings is 1. The molecule has 2 aliphatic rings. The Hall–Kier alpha value is -1.42. The molecule has 1 atom stereocenters. The number of hydrogen-bond donors (Lipinski definition) is 1. The molecule has 1 aromatic rings. The van der Waals surface area contributed by atoms with Crippen molar-refractivity contribution in [3.63, 3.8) is 0 Å². The molecule has 1 amide bonds. The third-order valence-electron chi connectivity index (χ3n) is 4.16. The van der Waals surface area contributed by atoms with Gasteiger partial charge in [-0.15, -0.1) is 0 Å². The van der Waals surface area contributed by atoms with E-state index in [0.29, 0.717) is 40.7 Å². The second-order valence-corrected chi connectivity index (χ2v) is 6.97. The lowest BCUT2D eigenvalue weighted by Gasteiger charge is -2.21. The first-order valence-electron chi connectivity index (χ1n) is 7.35. The van der Waals surface area contributed by atoms with Crippen molar-refractivity contribution in [3.8, 4) is 11.5 Å². The summed E-state index contributed by atoms with van der Waals surface area (Å²) in [4.78, 5) is 12.4. The second kappa shape index (κ2) is 5.41. The van der Waals surface area contributed by atoms with Crippen molar-refractivity contribution in [1.82, 2.24) is 5.32 Å². The molecule has 1 N–H and O–H groups in total. The highest BCUT2D eigenvalue weighted by molar-refractivity contribution is 6.32. The van der Waals surface area contributed by atoms with E-state index in [9.17, 15) is 4.79 Å². The van der Waals surface area contributed by atoms with Gasteiger partial charge in [-0.05, 0) is 36.8 Å². The number of carbonyl (C=O) groups excluding carboxylic acids is 1. The second-order valence-electron chi connectivity index (χ2n) is 6.56. The van der Waals surface area contributed by atoms with Crippen molar-refractivity contribution in [1.29, 1.82) is 0 Å². The summed E-state index contributed by atoms with van der Waals surface area (Å²) in [5, 5.41) is 3.51. The molecular formula is C16H20ClNO3. The standard InChI is InChI=1S/C16H20ClNO3/c1-16(2)4-3-11(9-16)18-15(19)10-7-12(17)14-13(8-10)20-5-6-21-14/h7-8,11H,3-6,9H2,1-2H3,(H,18,19). The zero-order valence-electron chi connectivity index (χ0n) is 12.4. The van der Waals surface area contributed by atoms with Crippen LogP contribution in [0.3, 0.4) is 0 Å². The molecule has 0 spiro atoms. The molecule has 114 valence electrons. The van der Waals surface area contributed by atoms with Crippen molar-refractivity contribution in [2.45, 2.75) is 39.2 Å². The highest BCUT2D eigenvalue weighted by atomic mass is 35.5. The number of rotatable bonds is 2. The van der Waals surface area contributed by atoms with Gasteiger partial charge in [-0.3, -0.25) is 4.79 Å². The highest BCUT2D eigenvalue weighted by Gasteiger charge is 2.32. The monoisotopic (exact) mass is 309 g/mol. The summed E-state index contributed by atoms with van der Waals surface area (Å²) in [6.45, 7) is 5.43. The Kier molecular flexibility index (Phi) is 3.74. The molecule has 1 unspecified atom stereocenters. The van der Waals surface area contributed by atoms with Crippen molar-refractivity contribution in [2.75, 3.05) is 13.2 Å². The number of amides is 1. The van der Waals surface area contributed by atoms with Crippen LogP contribution in [0.1, 0.15) is 43.5 Å². The average Bonchev–Trinajstić information content (AvgIpc) is 2.78. The minimum Gasteiger partial charge on any atom is -0.486 e. The number of carbonyl (C=O) groups is 1. The smallest absolute Gasteiger partial charge is 0.251 e. The molecule has 5 heteroatoms. The fourth-order valence-electron chi connectivity index (χ4n) is 3.07. The molecular weight excluding hydrogens is 290 g/mol. The number of halogens is 1. The van der Waals surface area contributed by atoms with Crippen LogP contribution in [0.5, 0.6) is 11.5 Å². The molecule has 1 saturated carbocycles. The minimum atomic E-state index is -0.100. The van der Waals surface area contributed by atoms with Crippen LogP contribution < -0.4 is 14.8 Å². The first kappa shape index (κ1) is 14.5. The van der Waals surface area contributed by atoms with Crippen LogP contribution in [0.15, 0.2) is 12.1 Å². The topological polar surface area (TPSA) is 47.6 Å². The Labute approximate surface area is 129 Å². The summed E-state index contributed by atoms with van der Waals surface area (Å²) in [5.41, 5.74) is 0.830. The maximum atomic E-state index is 12.4. The van der Waals surface area contributed by atoms with Crippen LogP contribution >= 0.6 is 11.6 Å². The fraction of sp³-hybridized carbons (Fsp3) is 0.562. The molecule has 1 aromatic carbocycles. The molecule has 4 nitrogen and oxygen atoms in total. The number of fused-ring (bicyclic) bond motifs is 1. The predicted molar refractivity (Wildman–Crippen MR) is 81.3 cm³/mol. The van der Waals surface area contributed by atoms with Gasteiger partial charge >= 0.3 is 0 Å². The third kappa shape index (κ3) is 3.10. The van der Waals surface area contributed by atoms with Gasteiger partial charge in [0.25, 0.3) is 5.91 Å². The van der Waals surface area contributed by atoms with Crippen LogP contribution in [0.4, 0.5) is 0 Å². The van der Waals surface area contributed by atoms with E-state index in [4.69, 9.17) is 21.1 Å². The highest BCUT2D eigenvalue weighted by Crippen LogP contribution is 2.39. The number of nitrogens with one attached hydrogen (secondary N) is 1. The zero-order valence-corrected chi connectivity index (χ0v) is 13.1. The Balaban J connectivity index is 1.75. The number of ether oxygens (including phenoxy) is 2. The van der Waals surface area contributed by atoms with Gasteiger partial charge in [0, 0.05) is 11.6 Å². The van der Waals surface area contributed by atoms with Crippen LogP contribution in [0.2, 0.25) is 5.02 Å². The van der Waals surface area contributed by atoms with Gasteiger partial charge in [0.15, 0.2) is 11.5 Å². The van der Waals surface area contributed by atoms with Crippen molar-refractivity contribution >= 4 is 17.5 Å². The van der Waals surface area contributed by atoms with E-state index < -0.39 is 0 Å². The van der Waals surface area contributed by atoms with Gasteiger partial charge < -0.3 is 14.8 Å². The van der Waals surface area contributed by atoms with E-state index in [1.807, 2.05) is 0 Å². The largest absolute Gasteiger partial charge is 0.486 e. The van der Waals surface area contributed by atoms with E-state index in [2.05, 4.69) is 19.2 Å². The zero-order chi connectivity index (χ0) is 15.0. The Morgan fingerprint density at radius 1 is 1.33 bits per heavy atom. The van der Waals surface area contributed by atoms with Crippen molar-refractivity contribution in [3.05, 3.63) is 22.7 Å². The third-order valence-corrected chi connectivity index (χ3v) is 4.44. The molecule has 21 heavy (non-hydrogen) atoms. The maximum absolute atomic E-state index is 12.4. The molecule has 1 fully saturated rings. The van der Waals surface area contributed by atoms with E-state index >= 15 is 0 Å². The molecule has 3 rings (SSSR count). The summed E-state index contributed by atoms with van der Waals surface area (Å²) < 4.78 is 11.0. The fourth-order valence-corrected chi connectivity index (χ4v) is 3.34. The lowest BCUT2D eigenvalue weighted by Crippen LogP contribution is -2.33. The van der Waals surface area contributed by atoms with E-state index in [1.165, 1.54) is 0 Å². The summed E-state index contributed by atoms with van der Waals surface area (Å²) in [6, 6.07) is 3.58. The Morgan fingerprint density at radius 2 is 2.10 bits per heavy atom. The summed E-state index contributed by atoms with van der Waals surface area (Å²) in [5.74, 6) is 0.976. The molecule has 0 aromatic heterocycles. The van der Waals surface area contributed by atoms with Crippen LogP contribution in [0, 0.1) is 5.41 Å². The van der Waals surface area contributed by atoms with Crippen molar-refractivity contribution in [2.24, 2.45) is 5.41 Å². The van der Waals surface area contributed by atoms with Crippen LogP contribution in [-0.4, -0.2) is 25.2 Å². The van der Waals surface area contributed by atoms with Gasteiger partial charge in [0.1, 0.15) is 13.2 Å². The van der Waals surface area contributed by atoms with Gasteiger partial charge in [-0.25, -0.2) is 0 Å². The van der Waals surface area contributed by atoms with Gasteiger partial charge in [-0.1, -0.05) is 25.4 Å². The summed E-state index contributed by atoms with van der Waals surface area (Å²) in [6.07, 6.45) is 3.17. The summed E-state index contributed by atoms with van der Waals surface area (Å²) >= 11 is 6.17. The Bertz CT molecular complexity index is 571. The first-order valence-corrected chi connectivity index (χ1v) is 7.72. The first-order chi connectivity index (χ1) is 9.94. The van der Waals surface area contributed by atoms with Crippen LogP contribution in [-0.2, 0) is 0 Å². The molecule has 1 heterocycles. The molecule has 1 aliphatic heterocycles.